The standard InChI is InChI=1S/C17H15F2IN2O7/c1-16(28-18)13(26-12(24)10-5-3-2-4-6-10)17(9-20,29-19)27-14(16)22-8-7-11(23)21-15(22)25/h2-8,13-14H,9H2,1H3,(H,21,23,25)/t13-,14+,16+,17-/m0/s1. The van der Waals surface area contributed by atoms with Gasteiger partial charge in [0.25, 0.3) is 11.3 Å². The Bertz CT molecular complexity index is 995. The van der Waals surface area contributed by atoms with Gasteiger partial charge in [-0.25, -0.2) is 9.59 Å². The molecule has 1 saturated heterocycles. The van der Waals surface area contributed by atoms with Crippen molar-refractivity contribution < 1.29 is 33.2 Å². The number of nitrogens with one attached hydrogen (secondary N) is 1. The predicted molar refractivity (Wildman–Crippen MR) is 101 cm³/mol. The van der Waals surface area contributed by atoms with Crippen LogP contribution in [0.4, 0.5) is 9.05 Å². The third-order valence-corrected chi connectivity index (χ3v) is 5.61. The van der Waals surface area contributed by atoms with E-state index in [2.05, 4.69) is 9.88 Å². The van der Waals surface area contributed by atoms with Gasteiger partial charge in [0.05, 0.1) is 9.99 Å². The summed E-state index contributed by atoms with van der Waals surface area (Å²) < 4.78 is 38.8. The Balaban J connectivity index is 2.07. The molecule has 1 aliphatic heterocycles. The number of esters is 1. The molecule has 1 fully saturated rings. The van der Waals surface area contributed by atoms with Crippen LogP contribution in [0, 0.1) is 0 Å². The third kappa shape index (κ3) is 3.72. The van der Waals surface area contributed by atoms with E-state index in [4.69, 9.17) is 9.47 Å². The van der Waals surface area contributed by atoms with E-state index in [9.17, 15) is 23.4 Å². The number of hydrogen-bond acceptors (Lipinski definition) is 7. The van der Waals surface area contributed by atoms with E-state index in [1.807, 2.05) is 4.98 Å². The molecule has 0 saturated carbocycles. The highest BCUT2D eigenvalue weighted by molar-refractivity contribution is 14.1. The second kappa shape index (κ2) is 8.30. The number of H-pyrrole nitrogens is 1. The zero-order valence-electron chi connectivity index (χ0n) is 14.8. The molecule has 0 amide bonds. The first-order valence-electron chi connectivity index (χ1n) is 8.22. The van der Waals surface area contributed by atoms with Gasteiger partial charge in [-0.2, -0.15) is 9.88 Å². The lowest BCUT2D eigenvalue weighted by atomic mass is 9.94. The average Bonchev–Trinajstić information content (AvgIpc) is 2.98. The van der Waals surface area contributed by atoms with Gasteiger partial charge < -0.3 is 9.47 Å². The van der Waals surface area contributed by atoms with Crippen LogP contribution in [-0.4, -0.2) is 37.4 Å². The Morgan fingerprint density at radius 2 is 1.93 bits per heavy atom. The Hall–Kier alpha value is -2.16. The number of carbonyl (C=O) groups is 1. The molecule has 1 aromatic heterocycles. The monoisotopic (exact) mass is 524 g/mol. The topological polar surface area (TPSA) is 109 Å². The van der Waals surface area contributed by atoms with Gasteiger partial charge >= 0.3 is 11.7 Å². The van der Waals surface area contributed by atoms with Crippen LogP contribution in [0.2, 0.25) is 0 Å². The van der Waals surface area contributed by atoms with E-state index in [0.717, 1.165) is 23.8 Å². The number of nitrogens with zero attached hydrogens (tertiary/aromatic N) is 1. The number of carbonyl (C=O) groups excluding carboxylic acids is 1. The maximum Gasteiger partial charge on any atom is 0.338 e. The zero-order valence-corrected chi connectivity index (χ0v) is 17.0. The van der Waals surface area contributed by atoms with E-state index in [0.29, 0.717) is 0 Å². The van der Waals surface area contributed by atoms with E-state index in [1.165, 1.54) is 12.1 Å². The first kappa shape index (κ1) is 21.5. The van der Waals surface area contributed by atoms with Crippen molar-refractivity contribution >= 4 is 28.6 Å². The van der Waals surface area contributed by atoms with Crippen LogP contribution < -0.4 is 11.2 Å². The van der Waals surface area contributed by atoms with Gasteiger partial charge in [0.1, 0.15) is 0 Å². The second-order valence-corrected chi connectivity index (χ2v) is 7.19. The van der Waals surface area contributed by atoms with Crippen LogP contribution >= 0.6 is 22.6 Å². The molecule has 2 heterocycles. The second-order valence-electron chi connectivity index (χ2n) is 6.42. The minimum Gasteiger partial charge on any atom is -0.449 e. The quantitative estimate of drug-likeness (QED) is 0.350. The van der Waals surface area contributed by atoms with Gasteiger partial charge in [-0.1, -0.05) is 40.8 Å². The number of ether oxygens (including phenoxy) is 2. The highest BCUT2D eigenvalue weighted by atomic mass is 127. The lowest BCUT2D eigenvalue weighted by molar-refractivity contribution is -0.350. The molecule has 0 bridgehead atoms. The van der Waals surface area contributed by atoms with Gasteiger partial charge in [-0.05, 0) is 28.1 Å². The van der Waals surface area contributed by atoms with E-state index in [1.54, 1.807) is 40.8 Å². The molecule has 9 nitrogen and oxygen atoms in total. The van der Waals surface area contributed by atoms with Crippen LogP contribution in [0.25, 0.3) is 0 Å². The number of aromatic amines is 1. The van der Waals surface area contributed by atoms with Crippen molar-refractivity contribution in [1.82, 2.24) is 9.55 Å². The maximum absolute atomic E-state index is 13.8. The van der Waals surface area contributed by atoms with E-state index in [-0.39, 0.29) is 9.99 Å². The largest absolute Gasteiger partial charge is 0.449 e. The molecular formula is C17H15F2IN2O7. The van der Waals surface area contributed by atoms with E-state index < -0.39 is 40.9 Å². The minimum atomic E-state index is -2.29. The summed E-state index contributed by atoms with van der Waals surface area (Å²) in [6.45, 7) is 1.12. The molecular weight excluding hydrogens is 509 g/mol. The molecule has 0 spiro atoms. The zero-order chi connectivity index (χ0) is 21.2. The molecule has 2 aromatic rings. The predicted octanol–water partition coefficient (Wildman–Crippen LogP) is 1.98. The summed E-state index contributed by atoms with van der Waals surface area (Å²) in [5.74, 6) is -3.20. The molecule has 1 aliphatic rings. The van der Waals surface area contributed by atoms with Gasteiger partial charge in [-0.15, -0.1) is 0 Å². The SMILES string of the molecule is C[C@@]1(OF)[C@H](OC(=O)c2ccccc2)[C@](CI)(OF)O[C@H]1n1ccc(=O)[nH]c1=O. The molecule has 0 aliphatic carbocycles. The van der Waals surface area contributed by atoms with Gasteiger partial charge in [0.15, 0.2) is 17.9 Å². The normalized spacial score (nSPS) is 29.0. The van der Waals surface area contributed by atoms with Crippen molar-refractivity contribution in [3.63, 3.8) is 0 Å². The molecule has 12 heteroatoms. The number of rotatable bonds is 6. The van der Waals surface area contributed by atoms with Crippen molar-refractivity contribution in [2.24, 2.45) is 0 Å². The first-order valence-corrected chi connectivity index (χ1v) is 9.74. The molecule has 156 valence electrons. The van der Waals surface area contributed by atoms with Crippen LogP contribution in [0.3, 0.4) is 0 Å². The Kier molecular flexibility index (Phi) is 6.16. The van der Waals surface area contributed by atoms with Crippen LogP contribution in [0.5, 0.6) is 0 Å². The summed E-state index contributed by atoms with van der Waals surface area (Å²) in [6, 6.07) is 8.69. The fraction of sp³-hybridized carbons (Fsp3) is 0.353. The molecule has 0 radical (unpaired) electrons. The number of halogens is 3. The number of hydrogen-bond donors (Lipinski definition) is 1. The van der Waals surface area contributed by atoms with Crippen LogP contribution in [-0.2, 0) is 19.4 Å². The smallest absolute Gasteiger partial charge is 0.338 e. The van der Waals surface area contributed by atoms with Crippen molar-refractivity contribution in [3.05, 3.63) is 69.0 Å². The van der Waals surface area contributed by atoms with Gasteiger partial charge in [0.2, 0.25) is 0 Å². The Morgan fingerprint density at radius 1 is 1.24 bits per heavy atom. The summed E-state index contributed by atoms with van der Waals surface area (Å²) in [7, 11) is 0. The summed E-state index contributed by atoms with van der Waals surface area (Å²) in [5.41, 5.74) is -3.77. The van der Waals surface area contributed by atoms with Crippen LogP contribution in [0.1, 0.15) is 23.5 Å². The molecule has 0 unspecified atom stereocenters. The van der Waals surface area contributed by atoms with Crippen molar-refractivity contribution in [3.8, 4) is 0 Å². The molecule has 1 aromatic carbocycles. The van der Waals surface area contributed by atoms with Crippen molar-refractivity contribution in [2.75, 3.05) is 4.43 Å². The lowest BCUT2D eigenvalue weighted by Crippen LogP contribution is -2.54. The number of benzene rings is 1. The molecule has 29 heavy (non-hydrogen) atoms. The fourth-order valence-electron chi connectivity index (χ4n) is 3.09. The summed E-state index contributed by atoms with van der Waals surface area (Å²) >= 11 is 1.69. The average molecular weight is 524 g/mol. The first-order chi connectivity index (χ1) is 13.8. The highest BCUT2D eigenvalue weighted by Crippen LogP contribution is 2.49. The summed E-state index contributed by atoms with van der Waals surface area (Å²) in [5, 5.41) is 0. The highest BCUT2D eigenvalue weighted by Gasteiger charge is 2.69. The molecule has 1 N–H and O–H groups in total. The molecule has 4 atom stereocenters. The Labute approximate surface area is 175 Å². The van der Waals surface area contributed by atoms with Crippen molar-refractivity contribution in [1.29, 1.82) is 0 Å². The van der Waals surface area contributed by atoms with E-state index >= 15 is 0 Å². The van der Waals surface area contributed by atoms with Gasteiger partial charge in [-0.3, -0.25) is 14.3 Å². The number of aromatic nitrogens is 2. The molecule has 3 rings (SSSR count). The fourth-order valence-corrected chi connectivity index (χ4v) is 3.79. The number of alkyl halides is 1. The minimum absolute atomic E-state index is 0.111. The van der Waals surface area contributed by atoms with Gasteiger partial charge in [0, 0.05) is 12.3 Å². The van der Waals surface area contributed by atoms with Crippen LogP contribution in [0.15, 0.2) is 52.2 Å². The third-order valence-electron chi connectivity index (χ3n) is 4.54. The maximum atomic E-state index is 13.8. The lowest BCUT2D eigenvalue weighted by Gasteiger charge is -2.32. The van der Waals surface area contributed by atoms with Crippen molar-refractivity contribution in [2.45, 2.75) is 30.6 Å². The Morgan fingerprint density at radius 3 is 2.48 bits per heavy atom. The summed E-state index contributed by atoms with van der Waals surface area (Å²) in [6.07, 6.45) is -2.39. The summed E-state index contributed by atoms with van der Waals surface area (Å²) in [4.78, 5) is 46.0.